The predicted molar refractivity (Wildman–Crippen MR) is 192 cm³/mol. The summed E-state index contributed by atoms with van der Waals surface area (Å²) in [4.78, 5) is 34.9. The zero-order valence-electron chi connectivity index (χ0n) is 28.7. The molecule has 1 N–H and O–H groups in total. The first kappa shape index (κ1) is 34.0. The van der Waals surface area contributed by atoms with Gasteiger partial charge in [-0.15, -0.1) is 0 Å². The number of ether oxygens (including phenoxy) is 1. The van der Waals surface area contributed by atoms with Crippen molar-refractivity contribution in [2.75, 3.05) is 58.3 Å². The van der Waals surface area contributed by atoms with E-state index < -0.39 is 23.6 Å². The molecule has 10 nitrogen and oxygen atoms in total. The van der Waals surface area contributed by atoms with Crippen LogP contribution in [0.4, 0.5) is 14.6 Å². The number of aromatic nitrogens is 3. The van der Waals surface area contributed by atoms with Crippen molar-refractivity contribution in [1.82, 2.24) is 29.7 Å². The van der Waals surface area contributed by atoms with Crippen LogP contribution in [0.25, 0.3) is 32.9 Å². The highest BCUT2D eigenvalue weighted by Gasteiger charge is 2.49. The fourth-order valence-electron chi connectivity index (χ4n) is 8.46. The van der Waals surface area contributed by atoms with E-state index in [1.807, 2.05) is 48.2 Å². The van der Waals surface area contributed by atoms with E-state index in [4.69, 9.17) is 21.3 Å². The van der Waals surface area contributed by atoms with Gasteiger partial charge in [-0.2, -0.15) is 9.97 Å². The van der Waals surface area contributed by atoms with Crippen LogP contribution >= 0.6 is 11.6 Å². The summed E-state index contributed by atoms with van der Waals surface area (Å²) in [6.07, 6.45) is 3.52. The van der Waals surface area contributed by atoms with Gasteiger partial charge in [-0.1, -0.05) is 47.9 Å². The van der Waals surface area contributed by atoms with Crippen LogP contribution in [0.2, 0.25) is 5.02 Å². The maximum absolute atomic E-state index is 16.8. The molecule has 4 fully saturated rings. The first-order valence-electron chi connectivity index (χ1n) is 17.6. The first-order valence-corrected chi connectivity index (χ1v) is 18.0. The predicted octanol–water partition coefficient (Wildman–Crippen LogP) is 4.70. The maximum atomic E-state index is 16.8. The highest BCUT2D eigenvalue weighted by molar-refractivity contribution is 6.36. The Balaban J connectivity index is 1.13. The average molecular weight is 716 g/mol. The summed E-state index contributed by atoms with van der Waals surface area (Å²) in [6.45, 7) is 2.82. The van der Waals surface area contributed by atoms with Crippen molar-refractivity contribution in [2.45, 2.75) is 62.0 Å². The minimum Gasteiger partial charge on any atom is -0.461 e. The number of alkyl halides is 1. The highest BCUT2D eigenvalue weighted by Crippen LogP contribution is 2.41. The van der Waals surface area contributed by atoms with Gasteiger partial charge in [0.05, 0.1) is 23.1 Å². The Bertz CT molecular complexity index is 2070. The number of likely N-dealkylation sites (tertiary alicyclic amines) is 2. The van der Waals surface area contributed by atoms with Gasteiger partial charge in [-0.25, -0.2) is 8.78 Å². The zero-order chi connectivity index (χ0) is 35.4. The van der Waals surface area contributed by atoms with Crippen molar-refractivity contribution < 1.29 is 23.4 Å². The normalized spacial score (nSPS) is 26.5. The number of aliphatic hydroxyl groups is 1. The summed E-state index contributed by atoms with van der Waals surface area (Å²) in [5, 5.41) is 12.4. The van der Waals surface area contributed by atoms with Gasteiger partial charge in [0.1, 0.15) is 29.8 Å². The lowest BCUT2D eigenvalue weighted by Gasteiger charge is -2.31. The van der Waals surface area contributed by atoms with Gasteiger partial charge in [-0.05, 0) is 50.2 Å². The van der Waals surface area contributed by atoms with Crippen LogP contribution in [0.15, 0.2) is 42.6 Å². The quantitative estimate of drug-likeness (QED) is 0.285. The molecule has 1 amide bonds. The van der Waals surface area contributed by atoms with E-state index in [9.17, 15) is 14.3 Å². The van der Waals surface area contributed by atoms with E-state index in [-0.39, 0.29) is 41.8 Å². The van der Waals surface area contributed by atoms with Crippen LogP contribution in [0.3, 0.4) is 0 Å². The van der Waals surface area contributed by atoms with Crippen LogP contribution < -0.4 is 9.64 Å². The molecule has 0 bridgehead atoms. The highest BCUT2D eigenvalue weighted by atomic mass is 35.5. The molecule has 4 aliphatic heterocycles. The van der Waals surface area contributed by atoms with E-state index in [1.54, 1.807) is 23.2 Å². The first-order chi connectivity index (χ1) is 24.6. The second-order valence-electron chi connectivity index (χ2n) is 14.4. The minimum atomic E-state index is -0.921. The van der Waals surface area contributed by atoms with E-state index >= 15 is 4.39 Å². The number of halogens is 3. The number of aliphatic hydroxyl groups excluding tert-OH is 1. The van der Waals surface area contributed by atoms with E-state index in [0.29, 0.717) is 72.6 Å². The summed E-state index contributed by atoms with van der Waals surface area (Å²) in [7, 11) is 3.75. The number of carbonyl (C=O) groups excluding carboxylic acids is 1. The lowest BCUT2D eigenvalue weighted by molar-refractivity contribution is -0.124. The molecule has 0 radical (unpaired) electrons. The molecule has 8 rings (SSSR count). The second kappa shape index (κ2) is 13.4. The van der Waals surface area contributed by atoms with Gasteiger partial charge in [0, 0.05) is 74.3 Å². The van der Waals surface area contributed by atoms with Crippen molar-refractivity contribution in [1.29, 1.82) is 0 Å². The lowest BCUT2D eigenvalue weighted by atomic mass is 9.95. The number of carbonyl (C=O) groups is 1. The van der Waals surface area contributed by atoms with Gasteiger partial charge in [-0.3, -0.25) is 19.6 Å². The molecule has 4 aliphatic rings. The van der Waals surface area contributed by atoms with Crippen molar-refractivity contribution in [3.05, 3.63) is 53.4 Å². The van der Waals surface area contributed by atoms with Gasteiger partial charge in [0.15, 0.2) is 5.82 Å². The standard InChI is InChI=1S/C38H40ClF2N7O3/c1-45-21-27(49)16-25(45)10-11-31(50)47-15-12-26(20-47)46(2)36-29-18-42-34(28-8-3-6-23-7-4-9-30(39)32(23)28)33(41)35(29)43-37(44-36)51-22-38-13-5-14-48(38)19-24(40)17-38/h3-4,6-9,18,24-27,49H,5,12-17,19-22H2,1-2H3/t24-,25+,26?,27+,38?/m1/s1. The largest absolute Gasteiger partial charge is 0.461 e. The third-order valence-corrected chi connectivity index (χ3v) is 11.5. The van der Waals surface area contributed by atoms with E-state index in [0.717, 1.165) is 24.8 Å². The number of hydrogen-bond donors (Lipinski definition) is 1. The number of rotatable bonds is 6. The summed E-state index contributed by atoms with van der Waals surface area (Å²) in [5.74, 6) is 5.33. The van der Waals surface area contributed by atoms with Crippen molar-refractivity contribution in [2.24, 2.45) is 0 Å². The molecule has 4 aromatic rings. The van der Waals surface area contributed by atoms with Gasteiger partial charge >= 0.3 is 6.01 Å². The number of anilines is 1. The molecule has 0 saturated carbocycles. The fourth-order valence-corrected chi connectivity index (χ4v) is 8.75. The Labute approximate surface area is 300 Å². The smallest absolute Gasteiger partial charge is 0.319 e. The number of benzene rings is 2. The lowest BCUT2D eigenvalue weighted by Crippen LogP contribution is -2.43. The van der Waals surface area contributed by atoms with Crippen LogP contribution in [0.5, 0.6) is 6.01 Å². The topological polar surface area (TPSA) is 98.2 Å². The maximum Gasteiger partial charge on any atom is 0.319 e. The monoisotopic (exact) mass is 715 g/mol. The summed E-state index contributed by atoms with van der Waals surface area (Å²) in [6, 6.07) is 10.8. The number of hydrogen-bond acceptors (Lipinski definition) is 9. The van der Waals surface area contributed by atoms with Crippen molar-refractivity contribution in [3.8, 4) is 29.1 Å². The molecule has 2 aromatic carbocycles. The molecule has 0 spiro atoms. The van der Waals surface area contributed by atoms with Crippen LogP contribution in [0, 0.1) is 17.7 Å². The van der Waals surface area contributed by atoms with Crippen molar-refractivity contribution in [3.63, 3.8) is 0 Å². The molecular formula is C38H40ClF2N7O3. The number of fused-ring (bicyclic) bond motifs is 3. The molecule has 6 heterocycles. The van der Waals surface area contributed by atoms with E-state index in [2.05, 4.69) is 26.7 Å². The van der Waals surface area contributed by atoms with Gasteiger partial charge in [0.2, 0.25) is 0 Å². The fraction of sp³-hybridized carbons (Fsp3) is 0.474. The molecule has 2 aromatic heterocycles. The Morgan fingerprint density at radius 2 is 2.00 bits per heavy atom. The number of amides is 1. The third kappa shape index (κ3) is 6.24. The number of β-amino-alcohol motifs (C(OH)–C–C–N with tert-alkyl or cyclic N) is 1. The molecule has 2 unspecified atom stereocenters. The van der Waals surface area contributed by atoms with Crippen LogP contribution in [-0.2, 0) is 4.79 Å². The molecule has 4 saturated heterocycles. The molecule has 5 atom stereocenters. The second-order valence-corrected chi connectivity index (χ2v) is 14.8. The molecule has 13 heteroatoms. The SMILES string of the molecule is CN(c1nc(OCC23CCCN2C[C@H](F)C3)nc2c(F)c(-c3cccc4cccc(Cl)c34)ncc12)C1CCN(C(=O)C#C[C@H]2C[C@H](O)CN2C)C1. The zero-order valence-corrected chi connectivity index (χ0v) is 29.4. The molecule has 0 aliphatic carbocycles. The summed E-state index contributed by atoms with van der Waals surface area (Å²) in [5.41, 5.74) is 0.252. The Kier molecular flexibility index (Phi) is 8.95. The third-order valence-electron chi connectivity index (χ3n) is 11.2. The molecule has 51 heavy (non-hydrogen) atoms. The summed E-state index contributed by atoms with van der Waals surface area (Å²) < 4.78 is 37.7. The van der Waals surface area contributed by atoms with Crippen LogP contribution in [-0.4, -0.2) is 124 Å². The van der Waals surface area contributed by atoms with Gasteiger partial charge in [0.25, 0.3) is 5.91 Å². The van der Waals surface area contributed by atoms with Crippen molar-refractivity contribution >= 4 is 45.0 Å². The van der Waals surface area contributed by atoms with Crippen LogP contribution in [0.1, 0.15) is 32.1 Å². The molecule has 266 valence electrons. The minimum absolute atomic E-state index is 0.000414. The summed E-state index contributed by atoms with van der Waals surface area (Å²) >= 11 is 6.62. The molecular weight excluding hydrogens is 676 g/mol. The number of pyridine rings is 1. The number of likely N-dealkylation sites (N-methyl/N-ethyl adjacent to an activating group) is 2. The Morgan fingerprint density at radius 3 is 2.80 bits per heavy atom. The Hall–Kier alpha value is -4.15. The van der Waals surface area contributed by atoms with Gasteiger partial charge < -0.3 is 19.6 Å². The average Bonchev–Trinajstić information content (AvgIpc) is 3.89. The number of nitrogens with zero attached hydrogens (tertiary/aromatic N) is 7. The van der Waals surface area contributed by atoms with E-state index in [1.165, 1.54) is 0 Å². The Morgan fingerprint density at radius 1 is 1.18 bits per heavy atom.